The smallest absolute Gasteiger partial charge is 0.355 e. The standard InChI is InChI=1S/C47H55N5O6S/c1-7-57-41(53)28-51-22-19-31(20-23-51)16-15-30(3)58-33-17-18-34(29(2)25-33)42-37(47(4,5)6)26-40(49-43(42)45(55)56)52-24-21-32-11-10-12-35(36(32)27-52)44(54)50-46-48-38-13-8-9-14-39(38)59-46/h8-14,17-18,25-26,30-31H,7,15-16,19-24,27-28H2,1-6H3,(H,55,56)(H,48,50,54)/t30-/m1/s1. The second kappa shape index (κ2) is 17.9. The second-order valence-electron chi connectivity index (χ2n) is 16.9. The number of esters is 1. The molecule has 0 bridgehead atoms. The lowest BCUT2D eigenvalue weighted by Crippen LogP contribution is -2.38. The van der Waals surface area contributed by atoms with Crippen LogP contribution in [0.15, 0.2) is 66.7 Å². The van der Waals surface area contributed by atoms with Gasteiger partial charge in [0.1, 0.15) is 11.6 Å². The number of hydrogen-bond donors (Lipinski definition) is 2. The number of pyridine rings is 1. The highest BCUT2D eigenvalue weighted by Gasteiger charge is 2.31. The highest BCUT2D eigenvalue weighted by molar-refractivity contribution is 7.22. The highest BCUT2D eigenvalue weighted by atomic mass is 32.1. The monoisotopic (exact) mass is 817 g/mol. The van der Waals surface area contributed by atoms with Gasteiger partial charge >= 0.3 is 11.9 Å². The van der Waals surface area contributed by atoms with Crippen LogP contribution < -0.4 is 15.0 Å². The molecule has 2 N–H and O–H groups in total. The van der Waals surface area contributed by atoms with Crippen LogP contribution in [0.1, 0.15) is 103 Å². The van der Waals surface area contributed by atoms with Crippen molar-refractivity contribution in [3.63, 3.8) is 0 Å². The molecular formula is C47H55N5O6S. The van der Waals surface area contributed by atoms with Gasteiger partial charge in [0, 0.05) is 24.2 Å². The Bertz CT molecular complexity index is 2310. The first-order chi connectivity index (χ1) is 28.3. The minimum Gasteiger partial charge on any atom is -0.491 e. The van der Waals surface area contributed by atoms with Crippen LogP contribution in [0.25, 0.3) is 21.3 Å². The Kier molecular flexibility index (Phi) is 12.7. The lowest BCUT2D eigenvalue weighted by molar-refractivity contribution is -0.144. The van der Waals surface area contributed by atoms with Gasteiger partial charge in [-0.1, -0.05) is 62.4 Å². The summed E-state index contributed by atoms with van der Waals surface area (Å²) in [7, 11) is 0. The molecule has 0 saturated carbocycles. The summed E-state index contributed by atoms with van der Waals surface area (Å²) in [6, 6.07) is 21.5. The normalized spacial score (nSPS) is 15.5. The molecule has 1 atom stereocenters. The quantitative estimate of drug-likeness (QED) is 0.111. The van der Waals surface area contributed by atoms with E-state index in [1.807, 2.05) is 74.5 Å². The number of hydrogen-bond acceptors (Lipinski definition) is 10. The summed E-state index contributed by atoms with van der Waals surface area (Å²) in [6.07, 6.45) is 4.79. The van der Waals surface area contributed by atoms with Gasteiger partial charge in [0.2, 0.25) is 0 Å². The minimum atomic E-state index is -1.10. The zero-order valence-electron chi connectivity index (χ0n) is 35.0. The lowest BCUT2D eigenvalue weighted by atomic mass is 9.80. The van der Waals surface area contributed by atoms with E-state index in [1.54, 1.807) is 0 Å². The number of benzene rings is 3. The number of aryl methyl sites for hydroxylation is 1. The fraction of sp³-hybridized carbons (Fsp3) is 0.426. The van der Waals surface area contributed by atoms with E-state index in [9.17, 15) is 19.5 Å². The van der Waals surface area contributed by atoms with E-state index in [2.05, 4.69) is 53.9 Å². The number of likely N-dealkylation sites (tertiary alicyclic amines) is 1. The first-order valence-corrected chi connectivity index (χ1v) is 21.6. The van der Waals surface area contributed by atoms with E-state index in [0.29, 0.717) is 60.7 Å². The zero-order chi connectivity index (χ0) is 41.8. The Hall–Kier alpha value is -5.33. The molecule has 2 aromatic heterocycles. The van der Waals surface area contributed by atoms with Crippen LogP contribution in [0.2, 0.25) is 0 Å². The average Bonchev–Trinajstić information content (AvgIpc) is 3.62. The third kappa shape index (κ3) is 9.77. The Labute approximate surface area is 350 Å². The number of carboxylic acid groups (broad SMARTS) is 1. The number of carbonyl (C=O) groups is 3. The zero-order valence-corrected chi connectivity index (χ0v) is 35.8. The molecule has 59 heavy (non-hydrogen) atoms. The van der Waals surface area contributed by atoms with Crippen LogP contribution in [-0.2, 0) is 27.9 Å². The van der Waals surface area contributed by atoms with Crippen LogP contribution in [-0.4, -0.2) is 76.7 Å². The predicted molar refractivity (Wildman–Crippen MR) is 234 cm³/mol. The molecule has 0 radical (unpaired) electrons. The fourth-order valence-electron chi connectivity index (χ4n) is 8.37. The van der Waals surface area contributed by atoms with E-state index in [4.69, 9.17) is 14.5 Å². The number of nitrogens with zero attached hydrogens (tertiary/aromatic N) is 4. The largest absolute Gasteiger partial charge is 0.491 e. The van der Waals surface area contributed by atoms with Crippen LogP contribution in [0.5, 0.6) is 5.75 Å². The Balaban J connectivity index is 1.07. The molecule has 5 aromatic rings. The van der Waals surface area contributed by atoms with Crippen molar-refractivity contribution in [3.05, 3.63) is 100 Å². The summed E-state index contributed by atoms with van der Waals surface area (Å²) in [5.74, 6) is 0.437. The number of nitrogens with one attached hydrogen (secondary N) is 1. The van der Waals surface area contributed by atoms with Crippen LogP contribution in [0.3, 0.4) is 0 Å². The summed E-state index contributed by atoms with van der Waals surface area (Å²) in [5.41, 5.74) is 6.17. The van der Waals surface area contributed by atoms with Crippen molar-refractivity contribution in [2.75, 3.05) is 43.0 Å². The topological polar surface area (TPSA) is 134 Å². The summed E-state index contributed by atoms with van der Waals surface area (Å²) < 4.78 is 12.5. The number of aromatic nitrogens is 2. The number of carbonyl (C=O) groups excluding carboxylic acids is 2. The molecule has 1 amide bonds. The predicted octanol–water partition coefficient (Wildman–Crippen LogP) is 9.30. The van der Waals surface area contributed by atoms with E-state index in [1.165, 1.54) is 11.3 Å². The molecule has 1 fully saturated rings. The molecule has 1 saturated heterocycles. The van der Waals surface area contributed by atoms with Crippen molar-refractivity contribution in [1.29, 1.82) is 0 Å². The van der Waals surface area contributed by atoms with Crippen molar-refractivity contribution in [2.45, 2.75) is 91.7 Å². The van der Waals surface area contributed by atoms with Crippen LogP contribution in [0.4, 0.5) is 10.9 Å². The van der Waals surface area contributed by atoms with Crippen molar-refractivity contribution in [2.24, 2.45) is 5.92 Å². The van der Waals surface area contributed by atoms with Gasteiger partial charge in [-0.25, -0.2) is 14.8 Å². The van der Waals surface area contributed by atoms with Gasteiger partial charge in [-0.2, -0.15) is 0 Å². The molecule has 310 valence electrons. The van der Waals surface area contributed by atoms with E-state index in [0.717, 1.165) is 82.6 Å². The van der Waals surface area contributed by atoms with Gasteiger partial charge < -0.3 is 19.5 Å². The third-order valence-electron chi connectivity index (χ3n) is 11.5. The second-order valence-corrected chi connectivity index (χ2v) is 17.9. The molecule has 2 aliphatic heterocycles. The van der Waals surface area contributed by atoms with Crippen LogP contribution in [0, 0.1) is 12.8 Å². The van der Waals surface area contributed by atoms with Crippen molar-refractivity contribution in [3.8, 4) is 16.9 Å². The molecule has 3 aromatic carbocycles. The molecule has 0 unspecified atom stereocenters. The number of para-hydroxylation sites is 1. The number of amides is 1. The number of thiazole rings is 1. The van der Waals surface area contributed by atoms with Crippen molar-refractivity contribution in [1.82, 2.24) is 14.9 Å². The summed E-state index contributed by atoms with van der Waals surface area (Å²) in [4.78, 5) is 52.4. The number of piperidine rings is 1. The number of ether oxygens (including phenoxy) is 2. The number of anilines is 2. The number of fused-ring (bicyclic) bond motifs is 2. The number of rotatable bonds is 13. The molecule has 4 heterocycles. The minimum absolute atomic E-state index is 0.00137. The first kappa shape index (κ1) is 41.8. The maximum atomic E-state index is 13.7. The Morgan fingerprint density at radius 2 is 1.78 bits per heavy atom. The number of aromatic carboxylic acids is 1. The molecule has 2 aliphatic rings. The fourth-order valence-corrected chi connectivity index (χ4v) is 9.23. The van der Waals surface area contributed by atoms with Gasteiger partial charge in [0.05, 0.1) is 29.5 Å². The van der Waals surface area contributed by atoms with Gasteiger partial charge in [0.15, 0.2) is 10.8 Å². The average molecular weight is 818 g/mol. The van der Waals surface area contributed by atoms with Crippen LogP contribution >= 0.6 is 11.3 Å². The Morgan fingerprint density at radius 3 is 2.49 bits per heavy atom. The summed E-state index contributed by atoms with van der Waals surface area (Å²) in [6.45, 7) is 15.8. The number of carboxylic acids is 1. The Morgan fingerprint density at radius 1 is 1.00 bits per heavy atom. The molecule has 7 rings (SSSR count). The molecule has 11 nitrogen and oxygen atoms in total. The van der Waals surface area contributed by atoms with E-state index >= 15 is 0 Å². The molecule has 0 aliphatic carbocycles. The third-order valence-corrected chi connectivity index (χ3v) is 12.5. The van der Waals surface area contributed by atoms with E-state index in [-0.39, 0.29) is 23.7 Å². The van der Waals surface area contributed by atoms with Gasteiger partial charge in [-0.15, -0.1) is 0 Å². The molecule has 12 heteroatoms. The lowest BCUT2D eigenvalue weighted by Gasteiger charge is -2.33. The van der Waals surface area contributed by atoms with E-state index < -0.39 is 11.4 Å². The highest BCUT2D eigenvalue weighted by Crippen LogP contribution is 2.41. The summed E-state index contributed by atoms with van der Waals surface area (Å²) in [5, 5.41) is 14.3. The van der Waals surface area contributed by atoms with Gasteiger partial charge in [0.25, 0.3) is 5.91 Å². The summed E-state index contributed by atoms with van der Waals surface area (Å²) >= 11 is 1.44. The van der Waals surface area contributed by atoms with Gasteiger partial charge in [-0.05, 0) is 142 Å². The van der Waals surface area contributed by atoms with Crippen molar-refractivity contribution < 1.29 is 29.0 Å². The molecular weight excluding hydrogens is 763 g/mol. The van der Waals surface area contributed by atoms with Gasteiger partial charge in [-0.3, -0.25) is 19.8 Å². The first-order valence-electron chi connectivity index (χ1n) is 20.7. The maximum absolute atomic E-state index is 13.7. The SMILES string of the molecule is CCOC(=O)CN1CCC(CC[C@@H](C)Oc2ccc(-c3c(C(C)(C)C)cc(N4CCc5cccc(C(=O)Nc6nc7ccccc7s6)c5C4)nc3C(=O)O)c(C)c2)CC1. The maximum Gasteiger partial charge on any atom is 0.355 e. The molecule has 0 spiro atoms. The van der Waals surface area contributed by atoms with Crippen molar-refractivity contribution >= 4 is 50.3 Å².